The van der Waals surface area contributed by atoms with Crippen LogP contribution >= 0.6 is 0 Å². The fourth-order valence-electron chi connectivity index (χ4n) is 2.94. The van der Waals surface area contributed by atoms with Gasteiger partial charge in [-0.05, 0) is 40.5 Å². The van der Waals surface area contributed by atoms with E-state index in [-0.39, 0.29) is 18.4 Å². The summed E-state index contributed by atoms with van der Waals surface area (Å²) in [6, 6.07) is 0. The van der Waals surface area contributed by atoms with E-state index in [2.05, 4.69) is 0 Å². The van der Waals surface area contributed by atoms with Crippen LogP contribution in [0.25, 0.3) is 0 Å². The molecule has 140 valence electrons. The summed E-state index contributed by atoms with van der Waals surface area (Å²) >= 11 is 0. The largest absolute Gasteiger partial charge is 0.508 e. The van der Waals surface area contributed by atoms with E-state index in [0.29, 0.717) is 0 Å². The van der Waals surface area contributed by atoms with Crippen LogP contribution in [0.1, 0.15) is 54.4 Å². The quantitative estimate of drug-likeness (QED) is 0.484. The highest BCUT2D eigenvalue weighted by Crippen LogP contribution is 2.43. The molecule has 3 N–H and O–H groups in total. The second-order valence-corrected chi connectivity index (χ2v) is 7.53. The van der Waals surface area contributed by atoms with Gasteiger partial charge in [0.25, 0.3) is 0 Å². The number of aliphatic hydroxyl groups is 3. The van der Waals surface area contributed by atoms with Crippen molar-refractivity contribution in [3.05, 3.63) is 34.6 Å². The highest BCUT2D eigenvalue weighted by Gasteiger charge is 2.58. The third-order valence-electron chi connectivity index (χ3n) is 4.50. The molecule has 0 aromatic carbocycles. The molecule has 0 radical (unpaired) electrons. The van der Waals surface area contributed by atoms with E-state index in [1.165, 1.54) is 0 Å². The second kappa shape index (κ2) is 8.11. The fraction of sp³-hybridized carbons (Fsp3) is 0.600. The summed E-state index contributed by atoms with van der Waals surface area (Å²) in [5.74, 6) is -3.40. The van der Waals surface area contributed by atoms with Gasteiger partial charge in [0.15, 0.2) is 17.2 Å². The first-order valence-corrected chi connectivity index (χ1v) is 8.63. The molecular weight excluding hydrogens is 320 g/mol. The predicted octanol–water partition coefficient (Wildman–Crippen LogP) is 3.03. The Morgan fingerprint density at radius 2 is 1.68 bits per heavy atom. The highest BCUT2D eigenvalue weighted by molar-refractivity contribution is 6.24. The summed E-state index contributed by atoms with van der Waals surface area (Å²) in [6.45, 7) is 10.6. The number of ketones is 2. The molecular formula is C20H30O5. The third kappa shape index (κ3) is 4.28. The van der Waals surface area contributed by atoms with E-state index in [9.17, 15) is 24.9 Å². The zero-order valence-electron chi connectivity index (χ0n) is 16.0. The first kappa shape index (κ1) is 21.3. The third-order valence-corrected chi connectivity index (χ3v) is 4.50. The van der Waals surface area contributed by atoms with Crippen molar-refractivity contribution in [2.75, 3.05) is 0 Å². The van der Waals surface area contributed by atoms with Crippen LogP contribution in [-0.4, -0.2) is 38.6 Å². The molecule has 0 saturated heterocycles. The number of hydrogen-bond acceptors (Lipinski definition) is 5. The Hall–Kier alpha value is -1.72. The minimum atomic E-state index is -2.16. The molecule has 0 amide bonds. The van der Waals surface area contributed by atoms with Crippen LogP contribution in [-0.2, 0) is 9.59 Å². The molecule has 1 unspecified atom stereocenters. The first-order chi connectivity index (χ1) is 11.4. The van der Waals surface area contributed by atoms with Crippen LogP contribution in [0.4, 0.5) is 0 Å². The van der Waals surface area contributed by atoms with Crippen molar-refractivity contribution in [3.63, 3.8) is 0 Å². The standard InChI is InChI=1S/C20H30O5/c1-11(2)7-9-14-18(23)16(17(22)13(5)6)19(24)20(14,25)15(21)10-8-12(3)4/h7-8,13-15,21,24-25H,9-10H2,1-6H3/t14-,15?,20-/m1/s1. The molecule has 3 atom stereocenters. The second-order valence-electron chi connectivity index (χ2n) is 7.53. The lowest BCUT2D eigenvalue weighted by molar-refractivity contribution is -0.134. The molecule has 0 fully saturated rings. The van der Waals surface area contributed by atoms with E-state index in [0.717, 1.165) is 11.1 Å². The van der Waals surface area contributed by atoms with Gasteiger partial charge in [0.1, 0.15) is 11.3 Å². The number of carbonyl (C=O) groups excluding carboxylic acids is 2. The molecule has 1 rings (SSSR count). The Morgan fingerprint density at radius 3 is 2.12 bits per heavy atom. The van der Waals surface area contributed by atoms with E-state index in [4.69, 9.17) is 0 Å². The van der Waals surface area contributed by atoms with Crippen LogP contribution in [0.15, 0.2) is 34.6 Å². The molecule has 0 saturated carbocycles. The number of Topliss-reactive ketones (excluding diaryl/α,β-unsaturated/α-hetero) is 2. The minimum absolute atomic E-state index is 0.0741. The smallest absolute Gasteiger partial charge is 0.176 e. The van der Waals surface area contributed by atoms with Crippen molar-refractivity contribution in [1.82, 2.24) is 0 Å². The molecule has 1 aliphatic carbocycles. The van der Waals surface area contributed by atoms with Gasteiger partial charge >= 0.3 is 0 Å². The lowest BCUT2D eigenvalue weighted by Gasteiger charge is -2.33. The van der Waals surface area contributed by atoms with Gasteiger partial charge in [-0.15, -0.1) is 0 Å². The maximum Gasteiger partial charge on any atom is 0.176 e. The zero-order valence-corrected chi connectivity index (χ0v) is 16.0. The molecule has 0 aromatic rings. The van der Waals surface area contributed by atoms with Crippen molar-refractivity contribution in [1.29, 1.82) is 0 Å². The number of rotatable bonds is 7. The fourth-order valence-corrected chi connectivity index (χ4v) is 2.94. The number of hydrogen-bond donors (Lipinski definition) is 3. The minimum Gasteiger partial charge on any atom is -0.508 e. The molecule has 25 heavy (non-hydrogen) atoms. The molecule has 0 bridgehead atoms. The molecule has 1 aliphatic rings. The number of carbonyl (C=O) groups is 2. The Labute approximate surface area is 149 Å². The highest BCUT2D eigenvalue weighted by atomic mass is 16.4. The van der Waals surface area contributed by atoms with Crippen LogP contribution in [0, 0.1) is 11.8 Å². The summed E-state index contributed by atoms with van der Waals surface area (Å²) in [7, 11) is 0. The van der Waals surface area contributed by atoms with Crippen LogP contribution in [0.5, 0.6) is 0 Å². The van der Waals surface area contributed by atoms with Gasteiger partial charge in [-0.3, -0.25) is 9.59 Å². The maximum atomic E-state index is 12.8. The van der Waals surface area contributed by atoms with Gasteiger partial charge in [-0.25, -0.2) is 0 Å². The predicted molar refractivity (Wildman–Crippen MR) is 97.0 cm³/mol. The van der Waals surface area contributed by atoms with Gasteiger partial charge < -0.3 is 15.3 Å². The van der Waals surface area contributed by atoms with Gasteiger partial charge in [-0.1, -0.05) is 37.1 Å². The van der Waals surface area contributed by atoms with E-state index in [1.807, 2.05) is 27.7 Å². The summed E-state index contributed by atoms with van der Waals surface area (Å²) in [6.07, 6.45) is 2.31. The summed E-state index contributed by atoms with van der Waals surface area (Å²) in [5, 5.41) is 32.2. The summed E-state index contributed by atoms with van der Waals surface area (Å²) in [5.41, 5.74) is -0.651. The van der Waals surface area contributed by atoms with E-state index >= 15 is 0 Å². The molecule has 5 heteroatoms. The van der Waals surface area contributed by atoms with Gasteiger partial charge in [0, 0.05) is 5.92 Å². The normalized spacial score (nSPS) is 24.5. The summed E-state index contributed by atoms with van der Waals surface area (Å²) in [4.78, 5) is 25.1. The van der Waals surface area contributed by atoms with Crippen LogP contribution in [0.2, 0.25) is 0 Å². The van der Waals surface area contributed by atoms with Crippen LogP contribution < -0.4 is 0 Å². The maximum absolute atomic E-state index is 12.8. The van der Waals surface area contributed by atoms with Crippen molar-refractivity contribution >= 4 is 11.6 Å². The van der Waals surface area contributed by atoms with Crippen molar-refractivity contribution in [2.24, 2.45) is 11.8 Å². The van der Waals surface area contributed by atoms with Gasteiger partial charge in [0.2, 0.25) is 0 Å². The van der Waals surface area contributed by atoms with Crippen molar-refractivity contribution < 1.29 is 24.9 Å². The molecule has 0 heterocycles. The Kier molecular flexibility index (Phi) is 6.91. The molecule has 0 spiro atoms. The topological polar surface area (TPSA) is 94.8 Å². The molecule has 0 aliphatic heterocycles. The lowest BCUT2D eigenvalue weighted by Crippen LogP contribution is -2.49. The van der Waals surface area contributed by atoms with Gasteiger partial charge in [-0.2, -0.15) is 0 Å². The van der Waals surface area contributed by atoms with Crippen molar-refractivity contribution in [2.45, 2.75) is 66.1 Å². The number of allylic oxidation sites excluding steroid dienone is 4. The zero-order chi connectivity index (χ0) is 19.5. The lowest BCUT2D eigenvalue weighted by atomic mass is 9.80. The van der Waals surface area contributed by atoms with Crippen LogP contribution in [0.3, 0.4) is 0 Å². The Morgan fingerprint density at radius 1 is 1.16 bits per heavy atom. The van der Waals surface area contributed by atoms with Gasteiger partial charge in [0.05, 0.1) is 12.0 Å². The van der Waals surface area contributed by atoms with E-state index in [1.54, 1.807) is 26.0 Å². The SMILES string of the molecule is CC(C)=CCC(O)[C@@]1(O)C(O)=C(C(=O)C(C)C)C(=O)[C@H]1CC=C(C)C. The van der Waals surface area contributed by atoms with E-state index < -0.39 is 40.9 Å². The van der Waals surface area contributed by atoms with Crippen molar-refractivity contribution in [3.8, 4) is 0 Å². The Balaban J connectivity index is 3.42. The monoisotopic (exact) mass is 350 g/mol. The summed E-state index contributed by atoms with van der Waals surface area (Å²) < 4.78 is 0. The molecule has 0 aromatic heterocycles. The Bertz CT molecular complexity index is 630. The first-order valence-electron chi connectivity index (χ1n) is 8.63. The molecule has 5 nitrogen and oxygen atoms in total. The number of aliphatic hydroxyl groups excluding tert-OH is 2. The average Bonchev–Trinajstić information content (AvgIpc) is 2.69. The average molecular weight is 350 g/mol.